The third-order valence-corrected chi connectivity index (χ3v) is 5.11. The monoisotopic (exact) mass is 166 g/mol. The van der Waals surface area contributed by atoms with Crippen LogP contribution in [0, 0.1) is 16.7 Å². The van der Waals surface area contributed by atoms with Crippen molar-refractivity contribution in [2.45, 2.75) is 59.3 Å². The second-order valence-corrected chi connectivity index (χ2v) is 5.67. The molecule has 1 atom stereocenters. The van der Waals surface area contributed by atoms with Gasteiger partial charge in [-0.25, -0.2) is 0 Å². The Hall–Kier alpha value is 0. The molecule has 2 fully saturated rings. The van der Waals surface area contributed by atoms with Crippen LogP contribution in [0.15, 0.2) is 0 Å². The number of rotatable bonds is 0. The topological polar surface area (TPSA) is 0 Å². The minimum atomic E-state index is 0.646. The summed E-state index contributed by atoms with van der Waals surface area (Å²) >= 11 is 0. The molecule has 0 heteroatoms. The highest BCUT2D eigenvalue weighted by Gasteiger charge is 2.56. The molecule has 0 aliphatic heterocycles. The quantitative estimate of drug-likeness (QED) is 0.510. The molecular formula is C12H22. The molecule has 0 aromatic heterocycles. The van der Waals surface area contributed by atoms with Crippen molar-refractivity contribution in [2.24, 2.45) is 16.7 Å². The van der Waals surface area contributed by atoms with Crippen molar-refractivity contribution >= 4 is 0 Å². The molecule has 0 bridgehead atoms. The standard InChI is InChI=1S/C12H22/c1-10-9-12(11(10,2)3)7-5-4-6-8-12/h10H,4-9H2,1-3H3. The molecule has 0 nitrogen and oxygen atoms in total. The van der Waals surface area contributed by atoms with E-state index in [0.29, 0.717) is 5.41 Å². The van der Waals surface area contributed by atoms with Gasteiger partial charge in [0, 0.05) is 0 Å². The lowest BCUT2D eigenvalue weighted by Gasteiger charge is -2.63. The summed E-state index contributed by atoms with van der Waals surface area (Å²) in [5.74, 6) is 0.968. The third kappa shape index (κ3) is 0.900. The van der Waals surface area contributed by atoms with Gasteiger partial charge in [0.2, 0.25) is 0 Å². The maximum Gasteiger partial charge on any atom is -0.0241 e. The summed E-state index contributed by atoms with van der Waals surface area (Å²) in [5, 5.41) is 0. The summed E-state index contributed by atoms with van der Waals surface area (Å²) in [4.78, 5) is 0. The van der Waals surface area contributed by atoms with Gasteiger partial charge < -0.3 is 0 Å². The fourth-order valence-corrected chi connectivity index (χ4v) is 3.57. The van der Waals surface area contributed by atoms with Crippen LogP contribution in [0.25, 0.3) is 0 Å². The number of hydrogen-bond donors (Lipinski definition) is 0. The molecule has 0 saturated heterocycles. The molecule has 2 aliphatic carbocycles. The van der Waals surface area contributed by atoms with Gasteiger partial charge in [0.05, 0.1) is 0 Å². The molecule has 0 radical (unpaired) electrons. The molecule has 12 heavy (non-hydrogen) atoms. The van der Waals surface area contributed by atoms with Crippen molar-refractivity contribution in [3.63, 3.8) is 0 Å². The van der Waals surface area contributed by atoms with E-state index < -0.39 is 0 Å². The summed E-state index contributed by atoms with van der Waals surface area (Å²) in [6.45, 7) is 7.42. The smallest absolute Gasteiger partial charge is 0.0241 e. The Morgan fingerprint density at radius 3 is 2.00 bits per heavy atom. The maximum atomic E-state index is 2.49. The van der Waals surface area contributed by atoms with Gasteiger partial charge in [-0.15, -0.1) is 0 Å². The minimum absolute atomic E-state index is 0.646. The first-order chi connectivity index (χ1) is 5.58. The van der Waals surface area contributed by atoms with E-state index in [1.807, 2.05) is 0 Å². The molecule has 1 spiro atoms. The van der Waals surface area contributed by atoms with Crippen molar-refractivity contribution < 1.29 is 0 Å². The Kier molecular flexibility index (Phi) is 1.79. The van der Waals surface area contributed by atoms with Gasteiger partial charge in [0.1, 0.15) is 0 Å². The van der Waals surface area contributed by atoms with Crippen LogP contribution in [0.4, 0.5) is 0 Å². The summed E-state index contributed by atoms with van der Waals surface area (Å²) in [6, 6.07) is 0. The van der Waals surface area contributed by atoms with E-state index in [1.54, 1.807) is 0 Å². The second kappa shape index (κ2) is 2.49. The summed E-state index contributed by atoms with van der Waals surface area (Å²) in [7, 11) is 0. The van der Waals surface area contributed by atoms with Gasteiger partial charge in [0.25, 0.3) is 0 Å². The van der Waals surface area contributed by atoms with Crippen LogP contribution in [0.3, 0.4) is 0 Å². The van der Waals surface area contributed by atoms with Crippen LogP contribution in [0.5, 0.6) is 0 Å². The van der Waals surface area contributed by atoms with Crippen LogP contribution < -0.4 is 0 Å². The average molecular weight is 166 g/mol. The van der Waals surface area contributed by atoms with E-state index in [9.17, 15) is 0 Å². The van der Waals surface area contributed by atoms with E-state index in [2.05, 4.69) is 20.8 Å². The molecule has 1 unspecified atom stereocenters. The first-order valence-electron chi connectivity index (χ1n) is 5.58. The highest BCUT2D eigenvalue weighted by molar-refractivity contribution is 5.06. The Balaban J connectivity index is 2.12. The highest BCUT2D eigenvalue weighted by atomic mass is 14.6. The largest absolute Gasteiger partial charge is 0.0620 e. The first-order valence-corrected chi connectivity index (χ1v) is 5.58. The lowest BCUT2D eigenvalue weighted by Crippen LogP contribution is -2.54. The van der Waals surface area contributed by atoms with Gasteiger partial charge in [-0.05, 0) is 36.0 Å². The van der Waals surface area contributed by atoms with E-state index in [0.717, 1.165) is 11.3 Å². The van der Waals surface area contributed by atoms with E-state index >= 15 is 0 Å². The van der Waals surface area contributed by atoms with Crippen molar-refractivity contribution in [3.05, 3.63) is 0 Å². The predicted molar refractivity (Wildman–Crippen MR) is 53.1 cm³/mol. The fraction of sp³-hybridized carbons (Fsp3) is 1.00. The van der Waals surface area contributed by atoms with Crippen molar-refractivity contribution in [1.29, 1.82) is 0 Å². The lowest BCUT2D eigenvalue weighted by molar-refractivity contribution is -0.134. The lowest BCUT2D eigenvalue weighted by atomic mass is 9.42. The van der Waals surface area contributed by atoms with Gasteiger partial charge in [-0.3, -0.25) is 0 Å². The first kappa shape index (κ1) is 8.59. The van der Waals surface area contributed by atoms with Crippen LogP contribution in [0.2, 0.25) is 0 Å². The molecule has 0 aromatic carbocycles. The molecule has 2 saturated carbocycles. The summed E-state index contributed by atoms with van der Waals surface area (Å²) in [6.07, 6.45) is 9.03. The summed E-state index contributed by atoms with van der Waals surface area (Å²) in [5.41, 5.74) is 1.41. The van der Waals surface area contributed by atoms with Crippen LogP contribution in [-0.2, 0) is 0 Å². The zero-order valence-corrected chi connectivity index (χ0v) is 8.82. The normalized spacial score (nSPS) is 37.8. The third-order valence-electron chi connectivity index (χ3n) is 5.11. The van der Waals surface area contributed by atoms with Gasteiger partial charge in [0.15, 0.2) is 0 Å². The molecule has 0 amide bonds. The van der Waals surface area contributed by atoms with Gasteiger partial charge in [-0.2, -0.15) is 0 Å². The predicted octanol–water partition coefficient (Wildman–Crippen LogP) is 4.00. The minimum Gasteiger partial charge on any atom is -0.0620 e. The Morgan fingerprint density at radius 2 is 1.58 bits per heavy atom. The van der Waals surface area contributed by atoms with Crippen LogP contribution in [-0.4, -0.2) is 0 Å². The SMILES string of the molecule is CC1CC2(CCCCC2)C1(C)C. The zero-order valence-electron chi connectivity index (χ0n) is 8.82. The number of hydrogen-bond acceptors (Lipinski definition) is 0. The Labute approximate surface area is 76.7 Å². The van der Waals surface area contributed by atoms with Crippen LogP contribution >= 0.6 is 0 Å². The van der Waals surface area contributed by atoms with Crippen LogP contribution in [0.1, 0.15) is 59.3 Å². The molecule has 0 N–H and O–H groups in total. The maximum absolute atomic E-state index is 2.49. The Bertz CT molecular complexity index is 167. The van der Waals surface area contributed by atoms with Gasteiger partial charge >= 0.3 is 0 Å². The molecule has 0 aromatic rings. The average Bonchev–Trinajstić information content (AvgIpc) is 2.06. The molecule has 70 valence electrons. The van der Waals surface area contributed by atoms with E-state index in [1.165, 1.54) is 38.5 Å². The van der Waals surface area contributed by atoms with Crippen molar-refractivity contribution in [1.82, 2.24) is 0 Å². The van der Waals surface area contributed by atoms with Crippen molar-refractivity contribution in [3.8, 4) is 0 Å². The molecule has 2 rings (SSSR count). The molecule has 0 heterocycles. The van der Waals surface area contributed by atoms with E-state index in [-0.39, 0.29) is 0 Å². The molecular weight excluding hydrogens is 144 g/mol. The zero-order chi connectivity index (χ0) is 8.82. The fourth-order valence-electron chi connectivity index (χ4n) is 3.57. The molecule has 2 aliphatic rings. The second-order valence-electron chi connectivity index (χ2n) is 5.67. The van der Waals surface area contributed by atoms with Gasteiger partial charge in [-0.1, -0.05) is 40.0 Å². The highest BCUT2D eigenvalue weighted by Crippen LogP contribution is 2.66. The Morgan fingerprint density at radius 1 is 1.00 bits per heavy atom. The summed E-state index contributed by atoms with van der Waals surface area (Å²) < 4.78 is 0. The van der Waals surface area contributed by atoms with E-state index in [4.69, 9.17) is 0 Å². The van der Waals surface area contributed by atoms with Crippen molar-refractivity contribution in [2.75, 3.05) is 0 Å².